The maximum atomic E-state index is 11.6. The van der Waals surface area contributed by atoms with Gasteiger partial charge in [0.25, 0.3) is 0 Å². The van der Waals surface area contributed by atoms with Crippen molar-refractivity contribution in [1.29, 1.82) is 0 Å². The molecule has 0 unspecified atom stereocenters. The lowest BCUT2D eigenvalue weighted by atomic mass is 10.0. The summed E-state index contributed by atoms with van der Waals surface area (Å²) in [6, 6.07) is 1.61. The molecule has 1 aliphatic heterocycles. The van der Waals surface area contributed by atoms with Crippen LogP contribution in [0.15, 0.2) is 6.07 Å². The molecule has 1 aromatic rings. The molecule has 16 heavy (non-hydrogen) atoms. The highest BCUT2D eigenvalue weighted by molar-refractivity contribution is 5.94. The molecule has 1 aliphatic rings. The minimum atomic E-state index is -0.415. The lowest BCUT2D eigenvalue weighted by molar-refractivity contribution is 0.0599. The van der Waals surface area contributed by atoms with Crippen molar-refractivity contribution in [2.75, 3.05) is 19.6 Å². The molecule has 2 N–H and O–H groups in total. The van der Waals surface area contributed by atoms with Crippen LogP contribution < -0.4 is 15.2 Å². The van der Waals surface area contributed by atoms with Gasteiger partial charge in [-0.1, -0.05) is 6.92 Å². The van der Waals surface area contributed by atoms with E-state index in [-0.39, 0.29) is 6.79 Å². The number of anilines is 1. The Labute approximate surface area is 93.1 Å². The molecular formula is C11H13NO4. The predicted octanol–water partition coefficient (Wildman–Crippen LogP) is 1.35. The van der Waals surface area contributed by atoms with Crippen LogP contribution in [0, 0.1) is 0 Å². The molecule has 86 valence electrons. The van der Waals surface area contributed by atoms with Crippen molar-refractivity contribution in [3.8, 4) is 11.5 Å². The second kappa shape index (κ2) is 3.92. The lowest BCUT2D eigenvalue weighted by Crippen LogP contribution is -2.08. The molecular weight excluding hydrogens is 210 g/mol. The second-order valence-electron chi connectivity index (χ2n) is 3.40. The van der Waals surface area contributed by atoms with E-state index in [0.29, 0.717) is 29.2 Å². The van der Waals surface area contributed by atoms with Gasteiger partial charge in [0.2, 0.25) is 6.79 Å². The van der Waals surface area contributed by atoms with Crippen molar-refractivity contribution < 1.29 is 19.0 Å². The zero-order chi connectivity index (χ0) is 11.7. The van der Waals surface area contributed by atoms with Gasteiger partial charge < -0.3 is 19.9 Å². The molecule has 0 bridgehead atoms. The number of fused-ring (bicyclic) bond motifs is 1. The summed E-state index contributed by atoms with van der Waals surface area (Å²) in [6.45, 7) is 2.05. The van der Waals surface area contributed by atoms with Gasteiger partial charge in [0.15, 0.2) is 11.5 Å². The van der Waals surface area contributed by atoms with E-state index in [1.54, 1.807) is 6.07 Å². The summed E-state index contributed by atoms with van der Waals surface area (Å²) in [5.74, 6) is 0.599. The van der Waals surface area contributed by atoms with Gasteiger partial charge in [-0.3, -0.25) is 0 Å². The van der Waals surface area contributed by atoms with Crippen molar-refractivity contribution in [2.45, 2.75) is 13.3 Å². The van der Waals surface area contributed by atoms with Crippen LogP contribution in [0.5, 0.6) is 11.5 Å². The number of ether oxygens (including phenoxy) is 3. The maximum absolute atomic E-state index is 11.6. The Kier molecular flexibility index (Phi) is 2.60. The minimum absolute atomic E-state index is 0.132. The number of hydrogen-bond donors (Lipinski definition) is 1. The molecule has 0 fully saturated rings. The first kappa shape index (κ1) is 10.6. The van der Waals surface area contributed by atoms with Crippen LogP contribution in [0.1, 0.15) is 22.8 Å². The Hall–Kier alpha value is -1.91. The van der Waals surface area contributed by atoms with E-state index in [1.165, 1.54) is 7.11 Å². The minimum Gasteiger partial charge on any atom is -0.465 e. The quantitative estimate of drug-likeness (QED) is 0.605. The molecule has 0 saturated heterocycles. The van der Waals surface area contributed by atoms with Gasteiger partial charge in [0.1, 0.15) is 0 Å². The van der Waals surface area contributed by atoms with E-state index in [2.05, 4.69) is 0 Å². The maximum Gasteiger partial charge on any atom is 0.338 e. The summed E-state index contributed by atoms with van der Waals surface area (Å²) in [6.07, 6.45) is 0.632. The van der Waals surface area contributed by atoms with E-state index in [0.717, 1.165) is 5.56 Å². The molecule has 5 nitrogen and oxygen atoms in total. The first-order valence-corrected chi connectivity index (χ1v) is 4.98. The molecule has 0 aliphatic carbocycles. The number of esters is 1. The number of nitrogen functional groups attached to an aromatic ring is 1. The Bertz CT molecular complexity index is 442. The summed E-state index contributed by atoms with van der Waals surface area (Å²) in [5.41, 5.74) is 7.55. The van der Waals surface area contributed by atoms with E-state index >= 15 is 0 Å². The number of carbonyl (C=O) groups is 1. The van der Waals surface area contributed by atoms with Crippen molar-refractivity contribution in [3.05, 3.63) is 17.2 Å². The van der Waals surface area contributed by atoms with Crippen molar-refractivity contribution >= 4 is 11.7 Å². The fraction of sp³-hybridized carbons (Fsp3) is 0.364. The highest BCUT2D eigenvalue weighted by Crippen LogP contribution is 2.41. The Morgan fingerprint density at radius 3 is 2.94 bits per heavy atom. The first-order chi connectivity index (χ1) is 7.69. The molecule has 0 saturated carbocycles. The van der Waals surface area contributed by atoms with Gasteiger partial charge in [0.05, 0.1) is 18.4 Å². The van der Waals surface area contributed by atoms with Crippen LogP contribution in [0.25, 0.3) is 0 Å². The van der Waals surface area contributed by atoms with Gasteiger partial charge >= 0.3 is 5.97 Å². The summed E-state index contributed by atoms with van der Waals surface area (Å²) in [5, 5.41) is 0. The monoisotopic (exact) mass is 223 g/mol. The molecule has 0 spiro atoms. The molecule has 0 aromatic heterocycles. The first-order valence-electron chi connectivity index (χ1n) is 4.98. The Balaban J connectivity index is 2.61. The van der Waals surface area contributed by atoms with Gasteiger partial charge in [-0.25, -0.2) is 4.79 Å². The smallest absolute Gasteiger partial charge is 0.338 e. The average Bonchev–Trinajstić information content (AvgIpc) is 2.76. The number of hydrogen-bond acceptors (Lipinski definition) is 5. The van der Waals surface area contributed by atoms with E-state index in [9.17, 15) is 4.79 Å². The molecule has 0 radical (unpaired) electrons. The highest BCUT2D eigenvalue weighted by atomic mass is 16.7. The van der Waals surface area contributed by atoms with Crippen LogP contribution in [0.4, 0.5) is 5.69 Å². The van der Waals surface area contributed by atoms with Crippen LogP contribution in [0.3, 0.4) is 0 Å². The second-order valence-corrected chi connectivity index (χ2v) is 3.40. The summed E-state index contributed by atoms with van der Waals surface area (Å²) >= 11 is 0. The zero-order valence-electron chi connectivity index (χ0n) is 9.20. The molecule has 1 heterocycles. The van der Waals surface area contributed by atoms with Crippen LogP contribution in [-0.4, -0.2) is 19.9 Å². The third kappa shape index (κ3) is 1.44. The lowest BCUT2D eigenvalue weighted by Gasteiger charge is -2.11. The van der Waals surface area contributed by atoms with Gasteiger partial charge in [-0.2, -0.15) is 0 Å². The van der Waals surface area contributed by atoms with Gasteiger partial charge in [-0.15, -0.1) is 0 Å². The number of carbonyl (C=O) groups excluding carboxylic acids is 1. The zero-order valence-corrected chi connectivity index (χ0v) is 9.20. The number of rotatable bonds is 2. The van der Waals surface area contributed by atoms with Crippen molar-refractivity contribution in [3.63, 3.8) is 0 Å². The normalized spacial score (nSPS) is 12.6. The molecule has 5 heteroatoms. The summed E-state index contributed by atoms with van der Waals surface area (Å²) < 4.78 is 15.1. The van der Waals surface area contributed by atoms with E-state index in [4.69, 9.17) is 19.9 Å². The fourth-order valence-electron chi connectivity index (χ4n) is 1.78. The summed E-state index contributed by atoms with van der Waals surface area (Å²) in [7, 11) is 1.34. The molecule has 0 amide bonds. The van der Waals surface area contributed by atoms with Crippen LogP contribution in [-0.2, 0) is 11.2 Å². The molecule has 0 atom stereocenters. The largest absolute Gasteiger partial charge is 0.465 e. The Morgan fingerprint density at radius 1 is 1.56 bits per heavy atom. The predicted molar refractivity (Wildman–Crippen MR) is 57.7 cm³/mol. The van der Waals surface area contributed by atoms with Gasteiger partial charge in [-0.05, 0) is 18.1 Å². The SMILES string of the molecule is CCc1c(C(=O)OC)cc2c(c1N)OCO2. The number of nitrogens with two attached hydrogens (primary N) is 1. The van der Waals surface area contributed by atoms with Crippen LogP contribution in [0.2, 0.25) is 0 Å². The van der Waals surface area contributed by atoms with Gasteiger partial charge in [0, 0.05) is 0 Å². The number of benzene rings is 1. The van der Waals surface area contributed by atoms with E-state index in [1.807, 2.05) is 6.92 Å². The fourth-order valence-corrected chi connectivity index (χ4v) is 1.78. The van der Waals surface area contributed by atoms with Crippen LogP contribution >= 0.6 is 0 Å². The number of methoxy groups -OCH3 is 1. The third-order valence-corrected chi connectivity index (χ3v) is 2.57. The summed E-state index contributed by atoms with van der Waals surface area (Å²) in [4.78, 5) is 11.6. The van der Waals surface area contributed by atoms with Crippen molar-refractivity contribution in [2.24, 2.45) is 0 Å². The standard InChI is InChI=1S/C11H13NO4/c1-3-6-7(11(13)14-2)4-8-10(9(6)12)16-5-15-8/h4H,3,5,12H2,1-2H3. The molecule has 2 rings (SSSR count). The highest BCUT2D eigenvalue weighted by Gasteiger charge is 2.24. The Morgan fingerprint density at radius 2 is 2.31 bits per heavy atom. The molecule has 1 aromatic carbocycles. The van der Waals surface area contributed by atoms with Crippen molar-refractivity contribution in [1.82, 2.24) is 0 Å². The van der Waals surface area contributed by atoms with E-state index < -0.39 is 5.97 Å². The third-order valence-electron chi connectivity index (χ3n) is 2.57. The average molecular weight is 223 g/mol. The topological polar surface area (TPSA) is 70.8 Å².